The molecule has 20 heavy (non-hydrogen) atoms. The zero-order valence-electron chi connectivity index (χ0n) is 11.5. The molecule has 2 N–H and O–H groups in total. The largest absolute Gasteiger partial charge is 0.320 e. The Morgan fingerprint density at radius 1 is 1.15 bits per heavy atom. The highest BCUT2D eigenvalue weighted by atomic mass is 32.1. The number of nitrogens with two attached hydrogens (primary N) is 1. The van der Waals surface area contributed by atoms with Gasteiger partial charge in [0.2, 0.25) is 0 Å². The summed E-state index contributed by atoms with van der Waals surface area (Å²) in [7, 11) is 0. The van der Waals surface area contributed by atoms with E-state index in [0.29, 0.717) is 0 Å². The van der Waals surface area contributed by atoms with Gasteiger partial charge in [-0.15, -0.1) is 11.3 Å². The van der Waals surface area contributed by atoms with E-state index < -0.39 is 0 Å². The van der Waals surface area contributed by atoms with Crippen molar-refractivity contribution in [3.05, 3.63) is 64.7 Å². The standard InChI is InChI=1S/C17H18N2S/c1-2-3-12-4-6-13(7-5-12)17(18)14-10-16-15(19-11-14)8-9-20-16/h4-11,17H,2-3,18H2,1H3. The minimum absolute atomic E-state index is 0.107. The van der Waals surface area contributed by atoms with Gasteiger partial charge in [-0.25, -0.2) is 0 Å². The Hall–Kier alpha value is -1.71. The van der Waals surface area contributed by atoms with Crippen LogP contribution in [-0.4, -0.2) is 4.98 Å². The lowest BCUT2D eigenvalue weighted by molar-refractivity contribution is 0.861. The highest BCUT2D eigenvalue weighted by molar-refractivity contribution is 7.17. The third-order valence-electron chi connectivity index (χ3n) is 3.56. The molecule has 0 amide bonds. The molecular weight excluding hydrogens is 264 g/mol. The van der Waals surface area contributed by atoms with Gasteiger partial charge in [0.1, 0.15) is 0 Å². The number of aryl methyl sites for hydroxylation is 1. The highest BCUT2D eigenvalue weighted by Gasteiger charge is 2.10. The van der Waals surface area contributed by atoms with Crippen molar-refractivity contribution in [2.75, 3.05) is 0 Å². The van der Waals surface area contributed by atoms with Crippen LogP contribution in [0.2, 0.25) is 0 Å². The quantitative estimate of drug-likeness (QED) is 0.775. The molecule has 0 aliphatic heterocycles. The Bertz CT molecular complexity index is 700. The molecule has 0 spiro atoms. The summed E-state index contributed by atoms with van der Waals surface area (Å²) in [5.74, 6) is 0. The zero-order valence-corrected chi connectivity index (χ0v) is 12.4. The van der Waals surface area contributed by atoms with Crippen LogP contribution in [0.4, 0.5) is 0 Å². The van der Waals surface area contributed by atoms with Crippen molar-refractivity contribution in [1.82, 2.24) is 4.98 Å². The van der Waals surface area contributed by atoms with Crippen molar-refractivity contribution in [2.24, 2.45) is 5.73 Å². The molecular formula is C17H18N2S. The number of nitrogens with zero attached hydrogens (tertiary/aromatic N) is 1. The maximum Gasteiger partial charge on any atom is 0.0809 e. The van der Waals surface area contributed by atoms with Gasteiger partial charge in [0, 0.05) is 6.20 Å². The molecule has 2 heterocycles. The maximum atomic E-state index is 6.36. The van der Waals surface area contributed by atoms with Gasteiger partial charge < -0.3 is 5.73 Å². The van der Waals surface area contributed by atoms with Gasteiger partial charge in [-0.2, -0.15) is 0 Å². The van der Waals surface area contributed by atoms with Gasteiger partial charge in [-0.3, -0.25) is 4.98 Å². The van der Waals surface area contributed by atoms with Gasteiger partial charge >= 0.3 is 0 Å². The van der Waals surface area contributed by atoms with E-state index in [4.69, 9.17) is 5.73 Å². The van der Waals surface area contributed by atoms with Gasteiger partial charge in [0.15, 0.2) is 0 Å². The van der Waals surface area contributed by atoms with Gasteiger partial charge in [0.05, 0.1) is 16.3 Å². The Balaban J connectivity index is 1.88. The van der Waals surface area contributed by atoms with Gasteiger partial charge in [-0.1, -0.05) is 37.6 Å². The molecule has 0 saturated heterocycles. The molecule has 3 heteroatoms. The summed E-state index contributed by atoms with van der Waals surface area (Å²) in [6.45, 7) is 2.20. The fourth-order valence-corrected chi connectivity index (χ4v) is 3.19. The van der Waals surface area contributed by atoms with E-state index in [0.717, 1.165) is 23.1 Å². The number of rotatable bonds is 4. The summed E-state index contributed by atoms with van der Waals surface area (Å²) in [6.07, 6.45) is 4.18. The van der Waals surface area contributed by atoms with E-state index in [1.54, 1.807) is 11.3 Å². The molecule has 1 aromatic carbocycles. The smallest absolute Gasteiger partial charge is 0.0809 e. The van der Waals surface area contributed by atoms with E-state index >= 15 is 0 Å². The van der Waals surface area contributed by atoms with Crippen LogP contribution in [0.5, 0.6) is 0 Å². The Kier molecular flexibility index (Phi) is 3.81. The third-order valence-corrected chi connectivity index (χ3v) is 4.41. The first kappa shape index (κ1) is 13.3. The Morgan fingerprint density at radius 3 is 2.70 bits per heavy atom. The Morgan fingerprint density at radius 2 is 1.95 bits per heavy atom. The van der Waals surface area contributed by atoms with Crippen molar-refractivity contribution in [3.63, 3.8) is 0 Å². The Labute approximate surface area is 123 Å². The highest BCUT2D eigenvalue weighted by Crippen LogP contribution is 2.25. The first-order valence-corrected chi connectivity index (χ1v) is 7.83. The van der Waals surface area contributed by atoms with Crippen LogP contribution >= 0.6 is 11.3 Å². The fraction of sp³-hybridized carbons (Fsp3) is 0.235. The van der Waals surface area contributed by atoms with Gasteiger partial charge in [0.25, 0.3) is 0 Å². The summed E-state index contributed by atoms with van der Waals surface area (Å²) < 4.78 is 1.19. The minimum atomic E-state index is -0.107. The van der Waals surface area contributed by atoms with Crippen LogP contribution in [0.1, 0.15) is 36.1 Å². The number of thiophene rings is 1. The molecule has 3 rings (SSSR count). The third kappa shape index (κ3) is 2.60. The molecule has 2 nitrogen and oxygen atoms in total. The molecule has 1 unspecified atom stereocenters. The maximum absolute atomic E-state index is 6.36. The summed E-state index contributed by atoms with van der Waals surface area (Å²) in [5, 5.41) is 2.06. The van der Waals surface area contributed by atoms with Crippen molar-refractivity contribution in [2.45, 2.75) is 25.8 Å². The lowest BCUT2D eigenvalue weighted by Crippen LogP contribution is -2.12. The van der Waals surface area contributed by atoms with E-state index in [-0.39, 0.29) is 6.04 Å². The monoisotopic (exact) mass is 282 g/mol. The number of hydrogen-bond acceptors (Lipinski definition) is 3. The predicted octanol–water partition coefficient (Wildman–Crippen LogP) is 4.30. The number of benzene rings is 1. The topological polar surface area (TPSA) is 38.9 Å². The first-order chi connectivity index (χ1) is 9.78. The van der Waals surface area contributed by atoms with E-state index in [9.17, 15) is 0 Å². The molecule has 0 aliphatic carbocycles. The second kappa shape index (κ2) is 5.73. The van der Waals surface area contributed by atoms with Crippen molar-refractivity contribution < 1.29 is 0 Å². The molecule has 0 fully saturated rings. The van der Waals surface area contributed by atoms with E-state index in [2.05, 4.69) is 47.6 Å². The lowest BCUT2D eigenvalue weighted by Gasteiger charge is -2.13. The van der Waals surface area contributed by atoms with Gasteiger partial charge in [-0.05, 0) is 40.6 Å². The summed E-state index contributed by atoms with van der Waals surface area (Å²) in [4.78, 5) is 4.47. The zero-order chi connectivity index (χ0) is 13.9. The van der Waals surface area contributed by atoms with Crippen LogP contribution < -0.4 is 5.73 Å². The summed E-state index contributed by atoms with van der Waals surface area (Å²) in [6, 6.07) is 12.7. The fourth-order valence-electron chi connectivity index (χ4n) is 2.40. The van der Waals surface area contributed by atoms with E-state index in [1.165, 1.54) is 16.7 Å². The van der Waals surface area contributed by atoms with Crippen LogP contribution in [0.3, 0.4) is 0 Å². The second-order valence-corrected chi connectivity index (χ2v) is 5.99. The normalized spacial score (nSPS) is 12.7. The molecule has 0 saturated carbocycles. The van der Waals surface area contributed by atoms with Crippen molar-refractivity contribution >= 4 is 21.6 Å². The number of pyridine rings is 1. The average Bonchev–Trinajstić information content (AvgIpc) is 2.95. The molecule has 0 bridgehead atoms. The molecule has 0 radical (unpaired) electrons. The first-order valence-electron chi connectivity index (χ1n) is 6.95. The summed E-state index contributed by atoms with van der Waals surface area (Å²) in [5.41, 5.74) is 11.0. The summed E-state index contributed by atoms with van der Waals surface area (Å²) >= 11 is 1.71. The molecule has 1 atom stereocenters. The van der Waals surface area contributed by atoms with E-state index in [1.807, 2.05) is 12.3 Å². The predicted molar refractivity (Wildman–Crippen MR) is 86.1 cm³/mol. The van der Waals surface area contributed by atoms with Crippen LogP contribution in [0.15, 0.2) is 48.0 Å². The molecule has 0 aliphatic rings. The minimum Gasteiger partial charge on any atom is -0.320 e. The lowest BCUT2D eigenvalue weighted by atomic mass is 9.99. The van der Waals surface area contributed by atoms with Crippen LogP contribution in [-0.2, 0) is 6.42 Å². The van der Waals surface area contributed by atoms with Crippen molar-refractivity contribution in [3.8, 4) is 0 Å². The number of aromatic nitrogens is 1. The average molecular weight is 282 g/mol. The molecule has 3 aromatic rings. The molecule has 102 valence electrons. The SMILES string of the molecule is CCCc1ccc(C(N)c2cnc3ccsc3c2)cc1. The van der Waals surface area contributed by atoms with Crippen LogP contribution in [0.25, 0.3) is 10.2 Å². The number of hydrogen-bond donors (Lipinski definition) is 1. The second-order valence-electron chi connectivity index (χ2n) is 5.04. The van der Waals surface area contributed by atoms with Crippen molar-refractivity contribution in [1.29, 1.82) is 0 Å². The molecule has 2 aromatic heterocycles. The van der Waals surface area contributed by atoms with Crippen LogP contribution in [0, 0.1) is 0 Å². The number of fused-ring (bicyclic) bond motifs is 1.